The number of hydrogen-bond acceptors (Lipinski definition) is 3. The van der Waals surface area contributed by atoms with E-state index in [2.05, 4.69) is 32.7 Å². The van der Waals surface area contributed by atoms with E-state index in [0.717, 1.165) is 13.0 Å². The summed E-state index contributed by atoms with van der Waals surface area (Å²) < 4.78 is 0. The Morgan fingerprint density at radius 2 is 1.92 bits per heavy atom. The molecule has 0 bridgehead atoms. The first-order valence-corrected chi connectivity index (χ1v) is 4.84. The highest BCUT2D eigenvalue weighted by atomic mass is 15.1. The minimum absolute atomic E-state index is 0.318. The van der Waals surface area contributed by atoms with E-state index in [1.165, 1.54) is 0 Å². The molecule has 3 nitrogen and oxygen atoms in total. The number of nitrogens with zero attached hydrogens (tertiary/aromatic N) is 2. The molecule has 0 aliphatic carbocycles. The van der Waals surface area contributed by atoms with Crippen LogP contribution in [0.15, 0.2) is 0 Å². The van der Waals surface area contributed by atoms with Gasteiger partial charge in [0.2, 0.25) is 0 Å². The van der Waals surface area contributed by atoms with Gasteiger partial charge in [-0.3, -0.25) is 0 Å². The second-order valence-corrected chi connectivity index (χ2v) is 3.99. The maximum absolute atomic E-state index is 8.50. The smallest absolute Gasteiger partial charge is 0.0940 e. The Kier molecular flexibility index (Phi) is 5.68. The van der Waals surface area contributed by atoms with Crippen molar-refractivity contribution in [3.8, 4) is 6.07 Å². The molecule has 0 aromatic rings. The molecule has 0 aromatic heterocycles. The zero-order chi connectivity index (χ0) is 10.4. The van der Waals surface area contributed by atoms with Crippen LogP contribution in [0.3, 0.4) is 0 Å². The first-order valence-electron chi connectivity index (χ1n) is 4.84. The van der Waals surface area contributed by atoms with Gasteiger partial charge in [-0.2, -0.15) is 5.26 Å². The average Bonchev–Trinajstić information content (AvgIpc) is 2.11. The Labute approximate surface area is 81.5 Å². The minimum atomic E-state index is -0.318. The predicted molar refractivity (Wildman–Crippen MR) is 55.1 cm³/mol. The largest absolute Gasteiger partial charge is 0.316 e. The second-order valence-electron chi connectivity index (χ2n) is 3.99. The normalized spacial score (nSPS) is 15.8. The molecule has 0 spiro atoms. The molecule has 0 saturated heterocycles. The minimum Gasteiger partial charge on any atom is -0.316 e. The van der Waals surface area contributed by atoms with Gasteiger partial charge in [-0.1, -0.05) is 13.8 Å². The van der Waals surface area contributed by atoms with Crippen LogP contribution in [0.25, 0.3) is 0 Å². The second kappa shape index (κ2) is 5.95. The lowest BCUT2D eigenvalue weighted by Gasteiger charge is -2.27. The van der Waals surface area contributed by atoms with Gasteiger partial charge >= 0.3 is 0 Å². The molecule has 2 N–H and O–H groups in total. The average molecular weight is 183 g/mol. The fourth-order valence-corrected chi connectivity index (χ4v) is 1.12. The van der Waals surface area contributed by atoms with Crippen LogP contribution in [0.5, 0.6) is 0 Å². The molecule has 0 radical (unpaired) electrons. The third kappa shape index (κ3) is 4.87. The molecule has 0 aromatic carbocycles. The Balaban J connectivity index is 3.75. The van der Waals surface area contributed by atoms with Crippen LogP contribution in [-0.4, -0.2) is 30.6 Å². The number of nitrogens with two attached hydrogens (primary N) is 1. The quantitative estimate of drug-likeness (QED) is 0.697. The van der Waals surface area contributed by atoms with Gasteiger partial charge in [-0.15, -0.1) is 0 Å². The first kappa shape index (κ1) is 12.4. The Morgan fingerprint density at radius 1 is 1.38 bits per heavy atom. The number of nitriles is 1. The summed E-state index contributed by atoms with van der Waals surface area (Å²) in [6.07, 6.45) is 0.754. The summed E-state index contributed by atoms with van der Waals surface area (Å²) in [6, 6.07) is 2.27. The molecule has 0 aliphatic heterocycles. The van der Waals surface area contributed by atoms with Gasteiger partial charge in [0.15, 0.2) is 0 Å². The maximum atomic E-state index is 8.50. The molecule has 13 heavy (non-hydrogen) atoms. The highest BCUT2D eigenvalue weighted by Crippen LogP contribution is 2.08. The van der Waals surface area contributed by atoms with Crippen LogP contribution in [-0.2, 0) is 0 Å². The van der Waals surface area contributed by atoms with Crippen LogP contribution >= 0.6 is 0 Å². The fraction of sp³-hybridized carbons (Fsp3) is 0.900. The van der Waals surface area contributed by atoms with Crippen LogP contribution in [0.1, 0.15) is 27.2 Å². The van der Waals surface area contributed by atoms with E-state index < -0.39 is 0 Å². The topological polar surface area (TPSA) is 53.0 Å². The van der Waals surface area contributed by atoms with Gasteiger partial charge in [0.25, 0.3) is 0 Å². The molecule has 2 unspecified atom stereocenters. The maximum Gasteiger partial charge on any atom is 0.0940 e. The fourth-order valence-electron chi connectivity index (χ4n) is 1.12. The van der Waals surface area contributed by atoms with Gasteiger partial charge < -0.3 is 10.6 Å². The Morgan fingerprint density at radius 3 is 2.31 bits per heavy atom. The predicted octanol–water partition coefficient (Wildman–Crippen LogP) is 1.20. The molecule has 3 heteroatoms. The summed E-state index contributed by atoms with van der Waals surface area (Å²) in [5.74, 6) is 0.642. The van der Waals surface area contributed by atoms with Crippen LogP contribution in [0.4, 0.5) is 0 Å². The van der Waals surface area contributed by atoms with Crippen LogP contribution in [0.2, 0.25) is 0 Å². The third-order valence-corrected chi connectivity index (χ3v) is 2.62. The zero-order valence-corrected chi connectivity index (χ0v) is 9.12. The van der Waals surface area contributed by atoms with E-state index >= 15 is 0 Å². The lowest BCUT2D eigenvalue weighted by Crippen LogP contribution is -2.36. The van der Waals surface area contributed by atoms with E-state index in [0.29, 0.717) is 12.0 Å². The SMILES string of the molecule is CC(C)C(C)N(C)CCC(N)C#N. The molecule has 0 saturated carbocycles. The molecule has 0 rings (SSSR count). The van der Waals surface area contributed by atoms with E-state index in [1.807, 2.05) is 6.07 Å². The number of hydrogen-bond donors (Lipinski definition) is 1. The van der Waals surface area contributed by atoms with Crippen LogP contribution < -0.4 is 5.73 Å². The highest BCUT2D eigenvalue weighted by Gasteiger charge is 2.13. The Hall–Kier alpha value is -0.590. The highest BCUT2D eigenvalue weighted by molar-refractivity contribution is 4.87. The van der Waals surface area contributed by atoms with E-state index in [1.54, 1.807) is 0 Å². The summed E-state index contributed by atoms with van der Waals surface area (Å²) in [6.45, 7) is 7.49. The van der Waals surface area contributed by atoms with Gasteiger partial charge in [0, 0.05) is 12.6 Å². The van der Waals surface area contributed by atoms with Crippen molar-refractivity contribution in [2.75, 3.05) is 13.6 Å². The van der Waals surface area contributed by atoms with Crippen molar-refractivity contribution in [1.82, 2.24) is 4.90 Å². The van der Waals surface area contributed by atoms with Crippen molar-refractivity contribution in [3.63, 3.8) is 0 Å². The lowest BCUT2D eigenvalue weighted by atomic mass is 10.0. The molecule has 2 atom stereocenters. The van der Waals surface area contributed by atoms with Crippen molar-refractivity contribution in [2.24, 2.45) is 11.7 Å². The summed E-state index contributed by atoms with van der Waals surface area (Å²) in [5, 5.41) is 8.50. The van der Waals surface area contributed by atoms with Gasteiger partial charge in [-0.25, -0.2) is 0 Å². The van der Waals surface area contributed by atoms with Crippen molar-refractivity contribution in [3.05, 3.63) is 0 Å². The van der Waals surface area contributed by atoms with Crippen molar-refractivity contribution in [1.29, 1.82) is 5.26 Å². The van der Waals surface area contributed by atoms with Gasteiger partial charge in [0.1, 0.15) is 0 Å². The molecule has 0 fully saturated rings. The molecule has 76 valence electrons. The summed E-state index contributed by atoms with van der Waals surface area (Å²) >= 11 is 0. The summed E-state index contributed by atoms with van der Waals surface area (Å²) in [7, 11) is 2.08. The van der Waals surface area contributed by atoms with E-state index in [4.69, 9.17) is 11.0 Å². The summed E-state index contributed by atoms with van der Waals surface area (Å²) in [4.78, 5) is 2.25. The lowest BCUT2D eigenvalue weighted by molar-refractivity contribution is 0.204. The molecule has 0 heterocycles. The van der Waals surface area contributed by atoms with E-state index in [-0.39, 0.29) is 6.04 Å². The molecule has 0 amide bonds. The van der Waals surface area contributed by atoms with Crippen molar-refractivity contribution >= 4 is 0 Å². The molecular weight excluding hydrogens is 162 g/mol. The number of rotatable bonds is 5. The first-order chi connectivity index (χ1) is 5.99. The van der Waals surface area contributed by atoms with Gasteiger partial charge in [-0.05, 0) is 26.3 Å². The standard InChI is InChI=1S/C10H21N3/c1-8(2)9(3)13(4)6-5-10(12)7-11/h8-10H,5-6,12H2,1-4H3. The summed E-state index contributed by atoms with van der Waals surface area (Å²) in [5.41, 5.74) is 5.51. The van der Waals surface area contributed by atoms with Crippen molar-refractivity contribution < 1.29 is 0 Å². The van der Waals surface area contributed by atoms with E-state index in [9.17, 15) is 0 Å². The zero-order valence-electron chi connectivity index (χ0n) is 9.12. The molecule has 0 aliphatic rings. The van der Waals surface area contributed by atoms with Crippen molar-refractivity contribution in [2.45, 2.75) is 39.3 Å². The third-order valence-electron chi connectivity index (χ3n) is 2.62. The monoisotopic (exact) mass is 183 g/mol. The van der Waals surface area contributed by atoms with Gasteiger partial charge in [0.05, 0.1) is 12.1 Å². The van der Waals surface area contributed by atoms with Crippen LogP contribution in [0, 0.1) is 17.2 Å². The molecular formula is C10H21N3. The Bertz CT molecular complexity index is 171.